The van der Waals surface area contributed by atoms with Crippen LogP contribution in [0.3, 0.4) is 0 Å². The molecule has 0 aromatic heterocycles. The molecule has 0 nitrogen and oxygen atoms in total. The standard InChI is InChI=1S/C30H35F3/c1-2-3-4-5-24-10-15-28-21-27(17-16-26(28)20-24)25-13-8-22(9-14-25)6-7-23-11-18-29(19-12-23)30(31,32)33/h8-9,11-14,18-19,24,26-28H,2-5,10,15-17,20-21H2,1H3. The molecule has 4 rings (SSSR count). The Bertz CT molecular complexity index is 943. The van der Waals surface area contributed by atoms with Gasteiger partial charge in [0.1, 0.15) is 0 Å². The van der Waals surface area contributed by atoms with E-state index in [1.54, 1.807) is 0 Å². The molecule has 2 saturated carbocycles. The zero-order valence-electron chi connectivity index (χ0n) is 19.6. The number of halogens is 3. The van der Waals surface area contributed by atoms with Gasteiger partial charge in [-0.3, -0.25) is 0 Å². The summed E-state index contributed by atoms with van der Waals surface area (Å²) >= 11 is 0. The number of benzene rings is 2. The monoisotopic (exact) mass is 452 g/mol. The van der Waals surface area contributed by atoms with E-state index in [0.29, 0.717) is 11.5 Å². The molecule has 3 heteroatoms. The molecule has 0 spiro atoms. The number of hydrogen-bond donors (Lipinski definition) is 0. The number of unbranched alkanes of at least 4 members (excludes halogenated alkanes) is 2. The fraction of sp³-hybridized carbons (Fsp3) is 0.533. The highest BCUT2D eigenvalue weighted by molar-refractivity contribution is 5.44. The summed E-state index contributed by atoms with van der Waals surface area (Å²) in [6.07, 6.45) is 9.53. The van der Waals surface area contributed by atoms with Crippen LogP contribution in [-0.4, -0.2) is 0 Å². The Balaban J connectivity index is 1.31. The Morgan fingerprint density at radius 3 is 2.00 bits per heavy atom. The van der Waals surface area contributed by atoms with Gasteiger partial charge in [-0.1, -0.05) is 63.0 Å². The van der Waals surface area contributed by atoms with E-state index in [1.807, 2.05) is 0 Å². The number of rotatable bonds is 5. The number of fused-ring (bicyclic) bond motifs is 1. The van der Waals surface area contributed by atoms with Gasteiger partial charge in [-0.2, -0.15) is 13.2 Å². The molecule has 2 aliphatic rings. The van der Waals surface area contributed by atoms with E-state index in [4.69, 9.17) is 0 Å². The minimum absolute atomic E-state index is 0.593. The summed E-state index contributed by atoms with van der Waals surface area (Å²) in [5.41, 5.74) is 2.27. The molecule has 2 aromatic carbocycles. The average Bonchev–Trinajstić information content (AvgIpc) is 2.82. The first kappa shape index (κ1) is 23.9. The van der Waals surface area contributed by atoms with Crippen molar-refractivity contribution < 1.29 is 13.2 Å². The van der Waals surface area contributed by atoms with E-state index in [2.05, 4.69) is 43.0 Å². The average molecular weight is 453 g/mol. The summed E-state index contributed by atoms with van der Waals surface area (Å²) in [7, 11) is 0. The fourth-order valence-corrected chi connectivity index (χ4v) is 5.96. The van der Waals surface area contributed by atoms with Gasteiger partial charge in [0.05, 0.1) is 5.56 Å². The second kappa shape index (κ2) is 10.8. The highest BCUT2D eigenvalue weighted by Crippen LogP contribution is 2.48. The van der Waals surface area contributed by atoms with Crippen molar-refractivity contribution in [2.24, 2.45) is 17.8 Å². The van der Waals surface area contributed by atoms with Gasteiger partial charge >= 0.3 is 6.18 Å². The van der Waals surface area contributed by atoms with Gasteiger partial charge in [0.25, 0.3) is 0 Å². The lowest BCUT2D eigenvalue weighted by Gasteiger charge is -2.42. The van der Waals surface area contributed by atoms with E-state index in [1.165, 1.54) is 81.9 Å². The van der Waals surface area contributed by atoms with Crippen molar-refractivity contribution in [1.29, 1.82) is 0 Å². The molecule has 2 aliphatic carbocycles. The first-order chi connectivity index (χ1) is 15.9. The van der Waals surface area contributed by atoms with E-state index >= 15 is 0 Å². The predicted octanol–water partition coefficient (Wildman–Crippen LogP) is 8.99. The van der Waals surface area contributed by atoms with Crippen molar-refractivity contribution in [2.45, 2.75) is 83.2 Å². The van der Waals surface area contributed by atoms with Crippen LogP contribution in [0.25, 0.3) is 0 Å². The molecule has 0 heterocycles. The Morgan fingerprint density at radius 1 is 0.758 bits per heavy atom. The minimum Gasteiger partial charge on any atom is -0.166 e. The Labute approximate surface area is 197 Å². The molecule has 4 atom stereocenters. The van der Waals surface area contributed by atoms with Crippen LogP contribution in [0.5, 0.6) is 0 Å². The lowest BCUT2D eigenvalue weighted by atomic mass is 9.63. The lowest BCUT2D eigenvalue weighted by molar-refractivity contribution is -0.137. The zero-order chi connectivity index (χ0) is 23.3. The van der Waals surface area contributed by atoms with Gasteiger partial charge in [-0.15, -0.1) is 0 Å². The zero-order valence-corrected chi connectivity index (χ0v) is 19.6. The van der Waals surface area contributed by atoms with Crippen molar-refractivity contribution >= 4 is 0 Å². The molecule has 0 N–H and O–H groups in total. The van der Waals surface area contributed by atoms with Crippen molar-refractivity contribution in [3.63, 3.8) is 0 Å². The predicted molar refractivity (Wildman–Crippen MR) is 129 cm³/mol. The van der Waals surface area contributed by atoms with Gasteiger partial charge in [0.15, 0.2) is 0 Å². The quantitative estimate of drug-likeness (QED) is 0.314. The normalized spacial score (nSPS) is 25.1. The maximum Gasteiger partial charge on any atom is 0.416 e. The topological polar surface area (TPSA) is 0 Å². The SMILES string of the molecule is CCCCCC1CCC2CC(c3ccc(C#Cc4ccc(C(F)(F)F)cc4)cc3)CCC2C1. The highest BCUT2D eigenvalue weighted by atomic mass is 19.4. The van der Waals surface area contributed by atoms with Crippen LogP contribution in [-0.2, 0) is 6.18 Å². The van der Waals surface area contributed by atoms with Crippen molar-refractivity contribution in [1.82, 2.24) is 0 Å². The van der Waals surface area contributed by atoms with Crippen LogP contribution in [0.4, 0.5) is 13.2 Å². The maximum atomic E-state index is 12.7. The summed E-state index contributed by atoms with van der Waals surface area (Å²) in [5.74, 6) is 9.53. The molecule has 0 aliphatic heterocycles. The van der Waals surface area contributed by atoms with Crippen molar-refractivity contribution in [2.75, 3.05) is 0 Å². The van der Waals surface area contributed by atoms with E-state index < -0.39 is 11.7 Å². The van der Waals surface area contributed by atoms with E-state index in [-0.39, 0.29) is 0 Å². The summed E-state index contributed by atoms with van der Waals surface area (Å²) in [6.45, 7) is 2.29. The van der Waals surface area contributed by atoms with E-state index in [9.17, 15) is 13.2 Å². The van der Waals surface area contributed by atoms with Crippen LogP contribution in [0.1, 0.15) is 99.3 Å². The van der Waals surface area contributed by atoms with Crippen LogP contribution in [0, 0.1) is 29.6 Å². The van der Waals surface area contributed by atoms with Gasteiger partial charge < -0.3 is 0 Å². The molecule has 0 amide bonds. The molecule has 4 unspecified atom stereocenters. The molecule has 0 bridgehead atoms. The summed E-state index contributed by atoms with van der Waals surface area (Å²) in [6, 6.07) is 13.6. The maximum absolute atomic E-state index is 12.7. The Morgan fingerprint density at radius 2 is 1.36 bits per heavy atom. The largest absolute Gasteiger partial charge is 0.416 e. The molecule has 2 aromatic rings. The Kier molecular flexibility index (Phi) is 7.84. The Hall–Kier alpha value is -2.21. The van der Waals surface area contributed by atoms with Crippen LogP contribution in [0.15, 0.2) is 48.5 Å². The third-order valence-electron chi connectivity index (χ3n) is 7.88. The first-order valence-electron chi connectivity index (χ1n) is 12.7. The second-order valence-electron chi connectivity index (χ2n) is 10.2. The smallest absolute Gasteiger partial charge is 0.166 e. The van der Waals surface area contributed by atoms with E-state index in [0.717, 1.165) is 35.4 Å². The van der Waals surface area contributed by atoms with Gasteiger partial charge in [0.2, 0.25) is 0 Å². The summed E-state index contributed by atoms with van der Waals surface area (Å²) in [4.78, 5) is 0. The third kappa shape index (κ3) is 6.44. The first-order valence-corrected chi connectivity index (χ1v) is 12.7. The number of alkyl halides is 3. The van der Waals surface area contributed by atoms with Crippen molar-refractivity contribution in [3.8, 4) is 11.8 Å². The minimum atomic E-state index is -4.31. The second-order valence-corrected chi connectivity index (χ2v) is 10.2. The van der Waals surface area contributed by atoms with Crippen LogP contribution >= 0.6 is 0 Å². The summed E-state index contributed by atoms with van der Waals surface area (Å²) < 4.78 is 38.1. The molecule has 0 radical (unpaired) electrons. The van der Waals surface area contributed by atoms with Crippen LogP contribution in [0.2, 0.25) is 0 Å². The molecule has 2 fully saturated rings. The van der Waals surface area contributed by atoms with Gasteiger partial charge in [-0.25, -0.2) is 0 Å². The molecule has 33 heavy (non-hydrogen) atoms. The fourth-order valence-electron chi connectivity index (χ4n) is 5.96. The van der Waals surface area contributed by atoms with Gasteiger partial charge in [-0.05, 0) is 97.7 Å². The lowest BCUT2D eigenvalue weighted by Crippen LogP contribution is -2.30. The van der Waals surface area contributed by atoms with Crippen LogP contribution < -0.4 is 0 Å². The third-order valence-corrected chi connectivity index (χ3v) is 7.88. The molecule has 0 saturated heterocycles. The highest BCUT2D eigenvalue weighted by Gasteiger charge is 2.35. The molecular formula is C30H35F3. The van der Waals surface area contributed by atoms with Crippen molar-refractivity contribution in [3.05, 3.63) is 70.8 Å². The molecule has 176 valence electrons. The van der Waals surface area contributed by atoms with Gasteiger partial charge in [0, 0.05) is 11.1 Å². The molecular weight excluding hydrogens is 417 g/mol. The number of hydrogen-bond acceptors (Lipinski definition) is 0. The summed E-state index contributed by atoms with van der Waals surface area (Å²) in [5, 5.41) is 0.